The van der Waals surface area contributed by atoms with E-state index < -0.39 is 0 Å². The minimum Gasteiger partial charge on any atom is -0.324 e. The van der Waals surface area contributed by atoms with Crippen LogP contribution in [0.15, 0.2) is 23.1 Å². The second-order valence-corrected chi connectivity index (χ2v) is 7.47. The van der Waals surface area contributed by atoms with Crippen LogP contribution in [0.1, 0.15) is 57.6 Å². The predicted octanol–water partition coefficient (Wildman–Crippen LogP) is 4.68. The molecule has 0 bridgehead atoms. The molecule has 0 unspecified atom stereocenters. The third-order valence-electron chi connectivity index (χ3n) is 4.13. The summed E-state index contributed by atoms with van der Waals surface area (Å²) in [5.41, 5.74) is 7.34. The summed E-state index contributed by atoms with van der Waals surface area (Å²) in [6.45, 7) is 4.11. The molecule has 0 aromatic heterocycles. The Morgan fingerprint density at radius 1 is 1.29 bits per heavy atom. The summed E-state index contributed by atoms with van der Waals surface area (Å²) in [6.07, 6.45) is 6.37. The molecule has 0 aliphatic heterocycles. The predicted molar refractivity (Wildman–Crippen MR) is 87.6 cm³/mol. The minimum absolute atomic E-state index is 0.133. The maximum Gasteiger partial charge on any atom is 0.269 e. The Labute approximate surface area is 130 Å². The Kier molecular flexibility index (Phi) is 5.65. The lowest BCUT2D eigenvalue weighted by molar-refractivity contribution is -0.385. The molecular weight excluding hydrogens is 284 g/mol. The standard InChI is InChI=1S/C16H24N2O2S/c1-11(2)16(17)14-10-12(18(19)20)8-9-15(14)21-13-6-4-3-5-7-13/h8-11,13,16H,3-7,17H2,1-2H3/t16-/m1/s1. The van der Waals surface area contributed by atoms with Crippen molar-refractivity contribution in [3.8, 4) is 0 Å². The molecule has 0 amide bonds. The summed E-state index contributed by atoms with van der Waals surface area (Å²) in [6, 6.07) is 4.99. The van der Waals surface area contributed by atoms with E-state index >= 15 is 0 Å². The van der Waals surface area contributed by atoms with E-state index in [1.807, 2.05) is 17.8 Å². The van der Waals surface area contributed by atoms with Gasteiger partial charge in [-0.1, -0.05) is 33.1 Å². The molecule has 1 atom stereocenters. The van der Waals surface area contributed by atoms with Crippen molar-refractivity contribution in [2.45, 2.75) is 62.1 Å². The zero-order valence-corrected chi connectivity index (χ0v) is 13.6. The van der Waals surface area contributed by atoms with Gasteiger partial charge in [-0.15, -0.1) is 11.8 Å². The van der Waals surface area contributed by atoms with Crippen LogP contribution >= 0.6 is 11.8 Å². The van der Waals surface area contributed by atoms with Gasteiger partial charge in [-0.2, -0.15) is 0 Å². The number of thioether (sulfide) groups is 1. The van der Waals surface area contributed by atoms with E-state index in [0.29, 0.717) is 5.25 Å². The van der Waals surface area contributed by atoms with Crippen LogP contribution in [0.5, 0.6) is 0 Å². The Hall–Kier alpha value is -1.07. The third-order valence-corrected chi connectivity index (χ3v) is 5.56. The maximum atomic E-state index is 11.0. The molecule has 1 aliphatic carbocycles. The SMILES string of the molecule is CC(C)[C@@H](N)c1cc([N+](=O)[O-])ccc1SC1CCCCC1. The van der Waals surface area contributed by atoms with Gasteiger partial charge < -0.3 is 5.73 Å². The highest BCUT2D eigenvalue weighted by Gasteiger charge is 2.22. The van der Waals surface area contributed by atoms with Gasteiger partial charge in [-0.25, -0.2) is 0 Å². The number of non-ortho nitro benzene ring substituents is 1. The molecule has 0 spiro atoms. The Morgan fingerprint density at radius 3 is 2.52 bits per heavy atom. The monoisotopic (exact) mass is 308 g/mol. The van der Waals surface area contributed by atoms with Crippen LogP contribution in [0.3, 0.4) is 0 Å². The quantitative estimate of drug-likeness (QED) is 0.633. The van der Waals surface area contributed by atoms with Gasteiger partial charge in [0, 0.05) is 28.3 Å². The van der Waals surface area contributed by atoms with Crippen molar-refractivity contribution in [3.63, 3.8) is 0 Å². The molecule has 1 aromatic rings. The zero-order chi connectivity index (χ0) is 15.4. The Balaban J connectivity index is 2.27. The van der Waals surface area contributed by atoms with Crippen LogP contribution in [-0.4, -0.2) is 10.2 Å². The average Bonchev–Trinajstić information content (AvgIpc) is 2.47. The normalized spacial score (nSPS) is 17.9. The van der Waals surface area contributed by atoms with E-state index in [0.717, 1.165) is 10.5 Å². The summed E-state index contributed by atoms with van der Waals surface area (Å²) in [5, 5.41) is 11.6. The highest BCUT2D eigenvalue weighted by molar-refractivity contribution is 8.00. The van der Waals surface area contributed by atoms with Crippen LogP contribution in [0.25, 0.3) is 0 Å². The lowest BCUT2D eigenvalue weighted by atomic mass is 9.96. The van der Waals surface area contributed by atoms with Crippen molar-refractivity contribution >= 4 is 17.4 Å². The van der Waals surface area contributed by atoms with Gasteiger partial charge in [0.05, 0.1) is 4.92 Å². The first-order chi connectivity index (χ1) is 9.99. The van der Waals surface area contributed by atoms with Crippen LogP contribution in [0.2, 0.25) is 0 Å². The summed E-state index contributed by atoms with van der Waals surface area (Å²) in [4.78, 5) is 11.8. The molecule has 1 fully saturated rings. The third kappa shape index (κ3) is 4.20. The van der Waals surface area contributed by atoms with Gasteiger partial charge in [0.2, 0.25) is 0 Å². The Morgan fingerprint density at radius 2 is 1.95 bits per heavy atom. The molecule has 1 aromatic carbocycles. The molecule has 1 saturated carbocycles. The van der Waals surface area contributed by atoms with E-state index in [-0.39, 0.29) is 22.6 Å². The minimum atomic E-state index is -0.342. The van der Waals surface area contributed by atoms with Crippen molar-refractivity contribution in [1.82, 2.24) is 0 Å². The topological polar surface area (TPSA) is 69.2 Å². The van der Waals surface area contributed by atoms with Gasteiger partial charge in [0.1, 0.15) is 0 Å². The number of hydrogen-bond acceptors (Lipinski definition) is 4. The van der Waals surface area contributed by atoms with Crippen molar-refractivity contribution < 1.29 is 4.92 Å². The molecule has 4 nitrogen and oxygen atoms in total. The van der Waals surface area contributed by atoms with Crippen molar-refractivity contribution in [1.29, 1.82) is 0 Å². The molecule has 2 N–H and O–H groups in total. The summed E-state index contributed by atoms with van der Waals surface area (Å²) in [7, 11) is 0. The first-order valence-electron chi connectivity index (χ1n) is 7.69. The smallest absolute Gasteiger partial charge is 0.269 e. The molecule has 0 heterocycles. The second kappa shape index (κ2) is 7.27. The largest absolute Gasteiger partial charge is 0.324 e. The highest BCUT2D eigenvalue weighted by Crippen LogP contribution is 2.39. The van der Waals surface area contributed by atoms with E-state index in [2.05, 4.69) is 13.8 Å². The molecule has 5 heteroatoms. The summed E-state index contributed by atoms with van der Waals surface area (Å²) in [5.74, 6) is 0.262. The first-order valence-corrected chi connectivity index (χ1v) is 8.57. The summed E-state index contributed by atoms with van der Waals surface area (Å²) >= 11 is 1.85. The fourth-order valence-corrected chi connectivity index (χ4v) is 4.14. The van der Waals surface area contributed by atoms with E-state index in [9.17, 15) is 10.1 Å². The molecule has 2 rings (SSSR count). The van der Waals surface area contributed by atoms with Gasteiger partial charge in [0.25, 0.3) is 5.69 Å². The lowest BCUT2D eigenvalue weighted by Gasteiger charge is -2.24. The highest BCUT2D eigenvalue weighted by atomic mass is 32.2. The second-order valence-electron chi connectivity index (χ2n) is 6.13. The van der Waals surface area contributed by atoms with E-state index in [1.165, 1.54) is 32.1 Å². The number of rotatable bonds is 5. The molecule has 1 aliphatic rings. The van der Waals surface area contributed by atoms with E-state index in [1.54, 1.807) is 12.1 Å². The average molecular weight is 308 g/mol. The molecule has 0 saturated heterocycles. The van der Waals surface area contributed by atoms with Crippen molar-refractivity contribution in [2.24, 2.45) is 11.7 Å². The number of nitro benzene ring substituents is 1. The van der Waals surface area contributed by atoms with Crippen molar-refractivity contribution in [2.75, 3.05) is 0 Å². The number of nitrogens with two attached hydrogens (primary N) is 1. The zero-order valence-electron chi connectivity index (χ0n) is 12.7. The van der Waals surface area contributed by atoms with Crippen molar-refractivity contribution in [3.05, 3.63) is 33.9 Å². The Bertz CT molecular complexity index is 499. The molecule has 21 heavy (non-hydrogen) atoms. The molecule has 116 valence electrons. The fourth-order valence-electron chi connectivity index (χ4n) is 2.74. The van der Waals surface area contributed by atoms with Crippen LogP contribution in [0, 0.1) is 16.0 Å². The number of benzene rings is 1. The molecular formula is C16H24N2O2S. The van der Waals surface area contributed by atoms with Crippen LogP contribution in [-0.2, 0) is 0 Å². The number of nitro groups is 1. The van der Waals surface area contributed by atoms with Crippen LogP contribution < -0.4 is 5.73 Å². The molecule has 0 radical (unpaired) electrons. The maximum absolute atomic E-state index is 11.0. The van der Waals surface area contributed by atoms with Gasteiger partial charge in [-0.05, 0) is 30.4 Å². The van der Waals surface area contributed by atoms with Gasteiger partial charge in [-0.3, -0.25) is 10.1 Å². The van der Waals surface area contributed by atoms with Gasteiger partial charge >= 0.3 is 0 Å². The van der Waals surface area contributed by atoms with Crippen LogP contribution in [0.4, 0.5) is 5.69 Å². The first kappa shape index (κ1) is 16.3. The van der Waals surface area contributed by atoms with E-state index in [4.69, 9.17) is 5.73 Å². The lowest BCUT2D eigenvalue weighted by Crippen LogP contribution is -2.18. The fraction of sp³-hybridized carbons (Fsp3) is 0.625. The number of hydrogen-bond donors (Lipinski definition) is 1. The number of nitrogens with zero attached hydrogens (tertiary/aromatic N) is 1. The van der Waals surface area contributed by atoms with Gasteiger partial charge in [0.15, 0.2) is 0 Å². The summed E-state index contributed by atoms with van der Waals surface area (Å²) < 4.78 is 0.